The maximum atomic E-state index is 13.7. The van der Waals surface area contributed by atoms with E-state index in [2.05, 4.69) is 12.2 Å². The van der Waals surface area contributed by atoms with Crippen molar-refractivity contribution in [1.29, 1.82) is 0 Å². The summed E-state index contributed by atoms with van der Waals surface area (Å²) in [7, 11) is 0. The second-order valence-electron chi connectivity index (χ2n) is 7.02. The fourth-order valence-electron chi connectivity index (χ4n) is 3.28. The Hall–Kier alpha value is -2.81. The van der Waals surface area contributed by atoms with E-state index in [9.17, 15) is 23.2 Å². The lowest BCUT2D eigenvalue weighted by molar-refractivity contribution is -0.119. The summed E-state index contributed by atoms with van der Waals surface area (Å²) in [4.78, 5) is 37.7. The van der Waals surface area contributed by atoms with Gasteiger partial charge in [-0.25, -0.2) is 18.4 Å². The molecule has 9 heteroatoms. The smallest absolute Gasteiger partial charge is 0.341 e. The molecule has 0 unspecified atom stereocenters. The number of hydrogen-bond donors (Lipinski definition) is 1. The normalized spacial score (nSPS) is 15.3. The van der Waals surface area contributed by atoms with Crippen LogP contribution in [0.4, 0.5) is 13.8 Å². The molecule has 30 heavy (non-hydrogen) atoms. The topological polar surface area (TPSA) is 81.7 Å². The highest BCUT2D eigenvalue weighted by molar-refractivity contribution is 7.17. The number of carbonyl (C=O) groups excluding carboxylic acids is 3. The van der Waals surface area contributed by atoms with Gasteiger partial charge < -0.3 is 14.8 Å². The highest BCUT2D eigenvalue weighted by Crippen LogP contribution is 2.40. The summed E-state index contributed by atoms with van der Waals surface area (Å²) in [5.74, 6) is -3.71. The third-order valence-electron chi connectivity index (χ3n) is 4.73. The Kier molecular flexibility index (Phi) is 6.81. The summed E-state index contributed by atoms with van der Waals surface area (Å²) in [5.41, 5.74) is 0.752. The van der Waals surface area contributed by atoms with Crippen molar-refractivity contribution in [3.8, 4) is 0 Å². The highest BCUT2D eigenvalue weighted by Gasteiger charge is 2.29. The third kappa shape index (κ3) is 4.84. The molecule has 160 valence electrons. The average Bonchev–Trinajstić information content (AvgIpc) is 3.03. The molecule has 0 fully saturated rings. The van der Waals surface area contributed by atoms with Crippen LogP contribution < -0.4 is 5.32 Å². The Morgan fingerprint density at radius 1 is 1.20 bits per heavy atom. The summed E-state index contributed by atoms with van der Waals surface area (Å²) >= 11 is 1.31. The van der Waals surface area contributed by atoms with Crippen molar-refractivity contribution in [3.05, 3.63) is 51.4 Å². The molecular weight excluding hydrogens is 416 g/mol. The lowest BCUT2D eigenvalue weighted by Gasteiger charge is -2.18. The van der Waals surface area contributed by atoms with E-state index in [1.165, 1.54) is 11.3 Å². The molecule has 1 aromatic carbocycles. The Bertz CT molecular complexity index is 988. The highest BCUT2D eigenvalue weighted by atomic mass is 32.1. The van der Waals surface area contributed by atoms with E-state index < -0.39 is 41.7 Å². The van der Waals surface area contributed by atoms with Crippen molar-refractivity contribution in [1.82, 2.24) is 0 Å². The van der Waals surface area contributed by atoms with Crippen molar-refractivity contribution in [3.63, 3.8) is 0 Å². The van der Waals surface area contributed by atoms with Gasteiger partial charge in [-0.3, -0.25) is 4.79 Å². The van der Waals surface area contributed by atoms with E-state index in [0.29, 0.717) is 22.5 Å². The van der Waals surface area contributed by atoms with Crippen molar-refractivity contribution in [2.75, 3.05) is 18.5 Å². The number of carbonyl (C=O) groups is 3. The minimum Gasteiger partial charge on any atom is -0.462 e. The second kappa shape index (κ2) is 9.34. The minimum atomic E-state index is -1.09. The number of fused-ring (bicyclic) bond motifs is 1. The van der Waals surface area contributed by atoms with Crippen LogP contribution in [0.25, 0.3) is 0 Å². The van der Waals surface area contributed by atoms with E-state index in [1.54, 1.807) is 6.92 Å². The zero-order valence-corrected chi connectivity index (χ0v) is 17.4. The molecule has 1 aliphatic carbocycles. The van der Waals surface area contributed by atoms with Gasteiger partial charge in [0.15, 0.2) is 6.61 Å². The summed E-state index contributed by atoms with van der Waals surface area (Å²) in [5, 5.41) is 2.95. The van der Waals surface area contributed by atoms with Crippen LogP contribution in [0.5, 0.6) is 0 Å². The summed E-state index contributed by atoms with van der Waals surface area (Å²) in [6.45, 7) is 3.34. The molecule has 0 radical (unpaired) electrons. The van der Waals surface area contributed by atoms with Gasteiger partial charge >= 0.3 is 11.9 Å². The van der Waals surface area contributed by atoms with Crippen molar-refractivity contribution >= 4 is 34.2 Å². The molecule has 1 amide bonds. The number of hydrogen-bond acceptors (Lipinski definition) is 6. The van der Waals surface area contributed by atoms with Crippen LogP contribution in [-0.4, -0.2) is 31.1 Å². The van der Waals surface area contributed by atoms with Gasteiger partial charge in [0.25, 0.3) is 5.91 Å². The molecule has 1 N–H and O–H groups in total. The van der Waals surface area contributed by atoms with Crippen LogP contribution in [0, 0.1) is 17.6 Å². The van der Waals surface area contributed by atoms with Crippen LogP contribution >= 0.6 is 11.3 Å². The molecule has 0 saturated carbocycles. The van der Waals surface area contributed by atoms with Crippen LogP contribution in [0.2, 0.25) is 0 Å². The molecule has 0 bridgehead atoms. The van der Waals surface area contributed by atoms with Crippen molar-refractivity contribution in [2.45, 2.75) is 33.1 Å². The number of halogens is 2. The third-order valence-corrected chi connectivity index (χ3v) is 5.90. The standard InChI is InChI=1S/C21H21F2NO5S/c1-3-28-21(27)18-14-6-4-11(2)8-16(14)30-19(18)24-17(25)10-29-20(26)13-7-5-12(22)9-15(13)23/h5,7,9,11H,3-4,6,8,10H2,1-2H3,(H,24,25)/t11-/m0/s1. The number of rotatable bonds is 6. The van der Waals surface area contributed by atoms with E-state index in [-0.39, 0.29) is 6.61 Å². The van der Waals surface area contributed by atoms with E-state index >= 15 is 0 Å². The zero-order chi connectivity index (χ0) is 21.8. The van der Waals surface area contributed by atoms with Gasteiger partial charge in [-0.05, 0) is 49.8 Å². The van der Waals surface area contributed by atoms with Crippen molar-refractivity contribution in [2.24, 2.45) is 5.92 Å². The lowest BCUT2D eigenvalue weighted by Crippen LogP contribution is -2.22. The summed E-state index contributed by atoms with van der Waals surface area (Å²) in [6.07, 6.45) is 2.46. The number of anilines is 1. The van der Waals surface area contributed by atoms with Gasteiger partial charge in [0.2, 0.25) is 0 Å². The number of ether oxygens (including phenoxy) is 2. The Labute approximate surface area is 176 Å². The first-order valence-corrected chi connectivity index (χ1v) is 10.4. The first-order chi connectivity index (χ1) is 14.3. The molecule has 3 rings (SSSR count). The summed E-state index contributed by atoms with van der Waals surface area (Å²) in [6, 6.07) is 2.42. The molecule has 2 aromatic rings. The first-order valence-electron chi connectivity index (χ1n) is 9.53. The minimum absolute atomic E-state index is 0.202. The Morgan fingerprint density at radius 3 is 2.67 bits per heavy atom. The molecule has 0 saturated heterocycles. The fourth-order valence-corrected chi connectivity index (χ4v) is 4.70. The summed E-state index contributed by atoms with van der Waals surface area (Å²) < 4.78 is 36.6. The first kappa shape index (κ1) is 21.9. The van der Waals surface area contributed by atoms with Gasteiger partial charge in [-0.15, -0.1) is 11.3 Å². The lowest BCUT2D eigenvalue weighted by atomic mass is 9.88. The molecular formula is C21H21F2NO5S. The Balaban J connectivity index is 1.71. The molecule has 1 aromatic heterocycles. The van der Waals surface area contributed by atoms with Gasteiger partial charge in [0, 0.05) is 10.9 Å². The zero-order valence-electron chi connectivity index (χ0n) is 16.6. The number of esters is 2. The largest absolute Gasteiger partial charge is 0.462 e. The quantitative estimate of drug-likeness (QED) is 0.688. The SMILES string of the molecule is CCOC(=O)c1c(NC(=O)COC(=O)c2ccc(F)cc2F)sc2c1CC[C@H](C)C2. The van der Waals surface area contributed by atoms with Crippen molar-refractivity contribution < 1.29 is 32.6 Å². The number of amides is 1. The molecule has 1 atom stereocenters. The van der Waals surface area contributed by atoms with Gasteiger partial charge in [0.05, 0.1) is 17.7 Å². The maximum Gasteiger partial charge on any atom is 0.341 e. The number of thiophene rings is 1. The predicted molar refractivity (Wildman–Crippen MR) is 107 cm³/mol. The van der Waals surface area contributed by atoms with E-state index in [0.717, 1.165) is 41.8 Å². The van der Waals surface area contributed by atoms with Crippen LogP contribution in [-0.2, 0) is 27.1 Å². The maximum absolute atomic E-state index is 13.7. The number of nitrogens with one attached hydrogen (secondary N) is 1. The van der Waals surface area contributed by atoms with Crippen LogP contribution in [0.3, 0.4) is 0 Å². The molecule has 0 aliphatic heterocycles. The van der Waals surface area contributed by atoms with E-state index in [4.69, 9.17) is 9.47 Å². The fraction of sp³-hybridized carbons (Fsp3) is 0.381. The number of benzene rings is 1. The average molecular weight is 437 g/mol. The van der Waals surface area contributed by atoms with Crippen LogP contribution in [0.1, 0.15) is 51.4 Å². The van der Waals surface area contributed by atoms with E-state index in [1.807, 2.05) is 0 Å². The molecule has 0 spiro atoms. The molecule has 1 aliphatic rings. The van der Waals surface area contributed by atoms with Gasteiger partial charge in [-0.1, -0.05) is 6.92 Å². The predicted octanol–water partition coefficient (Wildman–Crippen LogP) is 4.12. The monoisotopic (exact) mass is 437 g/mol. The van der Waals surface area contributed by atoms with Crippen LogP contribution in [0.15, 0.2) is 18.2 Å². The molecule has 1 heterocycles. The van der Waals surface area contributed by atoms with Gasteiger partial charge in [-0.2, -0.15) is 0 Å². The van der Waals surface area contributed by atoms with Gasteiger partial charge in [0.1, 0.15) is 16.6 Å². The second-order valence-corrected chi connectivity index (χ2v) is 8.13. The Morgan fingerprint density at radius 2 is 1.97 bits per heavy atom. The molecule has 6 nitrogen and oxygen atoms in total.